The summed E-state index contributed by atoms with van der Waals surface area (Å²) >= 11 is 15.0. The first kappa shape index (κ1) is 14.6. The molecule has 0 aliphatic carbocycles. The van der Waals surface area contributed by atoms with Crippen molar-refractivity contribution in [1.82, 2.24) is 4.31 Å². The van der Waals surface area contributed by atoms with Crippen LogP contribution in [0.25, 0.3) is 0 Å². The quantitative estimate of drug-likeness (QED) is 0.810. The van der Waals surface area contributed by atoms with Crippen LogP contribution in [-0.2, 0) is 10.0 Å². The van der Waals surface area contributed by atoms with E-state index in [-0.39, 0.29) is 16.0 Å². The number of sulfonamides is 1. The van der Waals surface area contributed by atoms with Crippen LogP contribution >= 0.6 is 39.1 Å². The second-order valence-corrected chi connectivity index (χ2v) is 7.68. The lowest BCUT2D eigenvalue weighted by atomic mass is 10.3. The minimum Gasteiger partial charge on any atom is -0.326 e. The van der Waals surface area contributed by atoms with E-state index in [0.717, 1.165) is 0 Å². The monoisotopic (exact) mass is 372 g/mol. The molecule has 1 aliphatic heterocycles. The molecule has 2 rings (SSSR count). The van der Waals surface area contributed by atoms with Crippen molar-refractivity contribution in [3.05, 3.63) is 26.7 Å². The molecule has 0 aromatic heterocycles. The highest BCUT2D eigenvalue weighted by Crippen LogP contribution is 2.34. The average molecular weight is 374 g/mol. The van der Waals surface area contributed by atoms with Gasteiger partial charge in [0.1, 0.15) is 4.90 Å². The molecule has 18 heavy (non-hydrogen) atoms. The zero-order valence-electron chi connectivity index (χ0n) is 9.24. The van der Waals surface area contributed by atoms with Crippen molar-refractivity contribution in [2.24, 2.45) is 5.73 Å². The first-order valence-electron chi connectivity index (χ1n) is 5.22. The van der Waals surface area contributed by atoms with Crippen LogP contribution in [0, 0.1) is 0 Å². The van der Waals surface area contributed by atoms with Crippen LogP contribution in [0.1, 0.15) is 6.42 Å². The number of hydrogen-bond acceptors (Lipinski definition) is 3. The lowest BCUT2D eigenvalue weighted by Crippen LogP contribution is -2.32. The SMILES string of the molecule is N[C@@H]1CCN(S(=O)(=O)c2cc(Br)c(Cl)cc2Cl)C1. The Hall–Kier alpha value is 0.150. The standard InChI is InChI=1S/C10H11BrCl2N2O2S/c11-7-3-10(9(13)4-8(7)12)18(16,17)15-2-1-6(14)5-15/h3-4,6H,1-2,5,14H2/t6-/m1/s1. The maximum Gasteiger partial charge on any atom is 0.244 e. The number of rotatable bonds is 2. The fourth-order valence-corrected chi connectivity index (χ4v) is 4.57. The molecule has 1 aliphatic rings. The predicted molar refractivity (Wildman–Crippen MR) is 75.5 cm³/mol. The first-order chi connectivity index (χ1) is 8.32. The highest BCUT2D eigenvalue weighted by Gasteiger charge is 2.32. The molecule has 1 aromatic carbocycles. The van der Waals surface area contributed by atoms with Crippen LogP contribution in [0.5, 0.6) is 0 Å². The Balaban J connectivity index is 2.45. The average Bonchev–Trinajstić information content (AvgIpc) is 2.70. The Morgan fingerprint density at radius 2 is 2.00 bits per heavy atom. The van der Waals surface area contributed by atoms with E-state index in [1.165, 1.54) is 16.4 Å². The third-order valence-corrected chi connectivity index (χ3v) is 6.31. The van der Waals surface area contributed by atoms with Gasteiger partial charge in [-0.05, 0) is 34.5 Å². The van der Waals surface area contributed by atoms with Crippen LogP contribution in [-0.4, -0.2) is 31.9 Å². The molecule has 1 saturated heterocycles. The van der Waals surface area contributed by atoms with E-state index in [2.05, 4.69) is 15.9 Å². The highest BCUT2D eigenvalue weighted by atomic mass is 79.9. The molecule has 1 heterocycles. The van der Waals surface area contributed by atoms with Gasteiger partial charge in [-0.25, -0.2) is 8.42 Å². The van der Waals surface area contributed by atoms with Gasteiger partial charge in [-0.1, -0.05) is 23.2 Å². The maximum atomic E-state index is 12.4. The molecule has 1 aromatic rings. The third-order valence-electron chi connectivity index (χ3n) is 2.78. The van der Waals surface area contributed by atoms with Gasteiger partial charge in [0.05, 0.1) is 10.0 Å². The minimum absolute atomic E-state index is 0.0505. The molecule has 0 saturated carbocycles. The summed E-state index contributed by atoms with van der Waals surface area (Å²) in [5, 5.41) is 0.487. The van der Waals surface area contributed by atoms with E-state index in [0.29, 0.717) is 29.0 Å². The smallest absolute Gasteiger partial charge is 0.244 e. The summed E-state index contributed by atoms with van der Waals surface area (Å²) in [7, 11) is -3.61. The Bertz CT molecular complexity index is 579. The summed E-state index contributed by atoms with van der Waals surface area (Å²) in [5.41, 5.74) is 5.72. The molecule has 0 unspecified atom stereocenters. The van der Waals surface area contributed by atoms with Gasteiger partial charge in [0.15, 0.2) is 0 Å². The molecule has 1 atom stereocenters. The van der Waals surface area contributed by atoms with Crippen LogP contribution < -0.4 is 5.73 Å². The van der Waals surface area contributed by atoms with Crippen molar-refractivity contribution in [3.63, 3.8) is 0 Å². The van der Waals surface area contributed by atoms with Gasteiger partial charge in [0.25, 0.3) is 0 Å². The number of hydrogen-bond donors (Lipinski definition) is 1. The van der Waals surface area contributed by atoms with Crippen LogP contribution in [0.2, 0.25) is 10.0 Å². The number of nitrogens with zero attached hydrogens (tertiary/aromatic N) is 1. The second-order valence-electron chi connectivity index (χ2n) is 4.11. The van der Waals surface area contributed by atoms with Crippen molar-refractivity contribution in [2.75, 3.05) is 13.1 Å². The predicted octanol–water partition coefficient (Wildman–Crippen LogP) is 2.48. The molecular formula is C10H11BrCl2N2O2S. The molecule has 100 valence electrons. The van der Waals surface area contributed by atoms with Gasteiger partial charge in [0, 0.05) is 23.6 Å². The Kier molecular flexibility index (Phi) is 4.26. The van der Waals surface area contributed by atoms with Gasteiger partial charge in [-0.2, -0.15) is 4.31 Å². The lowest BCUT2D eigenvalue weighted by molar-refractivity contribution is 0.472. The fourth-order valence-electron chi connectivity index (χ4n) is 1.81. The van der Waals surface area contributed by atoms with Crippen LogP contribution in [0.15, 0.2) is 21.5 Å². The van der Waals surface area contributed by atoms with Gasteiger partial charge >= 0.3 is 0 Å². The summed E-state index contributed by atoms with van der Waals surface area (Å²) in [5.74, 6) is 0. The molecule has 0 spiro atoms. The summed E-state index contributed by atoms with van der Waals surface area (Å²) in [6.45, 7) is 0.735. The zero-order valence-corrected chi connectivity index (χ0v) is 13.2. The van der Waals surface area contributed by atoms with Gasteiger partial charge in [-0.3, -0.25) is 0 Å². The summed E-state index contributed by atoms with van der Waals surface area (Å²) in [6.07, 6.45) is 0.658. The molecular weight excluding hydrogens is 363 g/mol. The minimum atomic E-state index is -3.61. The molecule has 8 heteroatoms. The zero-order chi connectivity index (χ0) is 13.5. The van der Waals surface area contributed by atoms with Gasteiger partial charge < -0.3 is 5.73 Å². The van der Waals surface area contributed by atoms with Crippen molar-refractivity contribution >= 4 is 49.2 Å². The number of benzene rings is 1. The lowest BCUT2D eigenvalue weighted by Gasteiger charge is -2.17. The van der Waals surface area contributed by atoms with Crippen molar-refractivity contribution in [1.29, 1.82) is 0 Å². The van der Waals surface area contributed by atoms with Crippen molar-refractivity contribution in [2.45, 2.75) is 17.4 Å². The molecule has 1 fully saturated rings. The molecule has 2 N–H and O–H groups in total. The molecule has 0 radical (unpaired) electrons. The normalized spacial score (nSPS) is 21.4. The van der Waals surface area contributed by atoms with E-state index in [1.54, 1.807) is 0 Å². The van der Waals surface area contributed by atoms with E-state index >= 15 is 0 Å². The third kappa shape index (κ3) is 2.69. The van der Waals surface area contributed by atoms with E-state index in [1.807, 2.05) is 0 Å². The summed E-state index contributed by atoms with van der Waals surface area (Å²) < 4.78 is 26.6. The molecule has 0 amide bonds. The van der Waals surface area contributed by atoms with E-state index in [9.17, 15) is 8.42 Å². The fraction of sp³-hybridized carbons (Fsp3) is 0.400. The van der Waals surface area contributed by atoms with E-state index in [4.69, 9.17) is 28.9 Å². The Morgan fingerprint density at radius 1 is 1.33 bits per heavy atom. The highest BCUT2D eigenvalue weighted by molar-refractivity contribution is 9.10. The molecule has 4 nitrogen and oxygen atoms in total. The Morgan fingerprint density at radius 3 is 2.56 bits per heavy atom. The van der Waals surface area contributed by atoms with E-state index < -0.39 is 10.0 Å². The summed E-state index contributed by atoms with van der Waals surface area (Å²) in [6, 6.07) is 2.72. The first-order valence-corrected chi connectivity index (χ1v) is 8.21. The molecule has 0 bridgehead atoms. The number of nitrogens with two attached hydrogens (primary N) is 1. The Labute approximate surface area is 124 Å². The topological polar surface area (TPSA) is 63.4 Å². The number of halogens is 3. The van der Waals surface area contributed by atoms with Gasteiger partial charge in [0.2, 0.25) is 10.0 Å². The second kappa shape index (κ2) is 5.26. The maximum absolute atomic E-state index is 12.4. The van der Waals surface area contributed by atoms with Crippen LogP contribution in [0.3, 0.4) is 0 Å². The van der Waals surface area contributed by atoms with Crippen molar-refractivity contribution < 1.29 is 8.42 Å². The van der Waals surface area contributed by atoms with Crippen LogP contribution in [0.4, 0.5) is 0 Å². The summed E-state index contributed by atoms with van der Waals surface area (Å²) in [4.78, 5) is 0.0505. The van der Waals surface area contributed by atoms with Crippen molar-refractivity contribution in [3.8, 4) is 0 Å². The van der Waals surface area contributed by atoms with Gasteiger partial charge in [-0.15, -0.1) is 0 Å². The largest absolute Gasteiger partial charge is 0.326 e.